The van der Waals surface area contributed by atoms with Gasteiger partial charge in [-0.3, -0.25) is 0 Å². The van der Waals surface area contributed by atoms with Crippen LogP contribution in [0.2, 0.25) is 0 Å². The van der Waals surface area contributed by atoms with Crippen LogP contribution in [0.15, 0.2) is 48.5 Å². The van der Waals surface area contributed by atoms with Crippen LogP contribution in [0.1, 0.15) is 77.0 Å². The third-order valence-electron chi connectivity index (χ3n) is 12.9. The summed E-state index contributed by atoms with van der Waals surface area (Å²) in [6.45, 7) is 1.70. The molecule has 5 fully saturated rings. The molecule has 6 atom stereocenters. The first-order valence-electron chi connectivity index (χ1n) is 18.9. The number of nitrogens with zero attached hydrogens (tertiary/aromatic N) is 4. The summed E-state index contributed by atoms with van der Waals surface area (Å²) in [5, 5.41) is 6.54. The second kappa shape index (κ2) is 14.2. The number of carbonyl (C=O) groups is 2. The molecule has 4 bridgehead atoms. The van der Waals surface area contributed by atoms with Gasteiger partial charge in [0.05, 0.1) is 0 Å². The molecule has 260 valence electrons. The van der Waals surface area contributed by atoms with Crippen molar-refractivity contribution in [3.05, 3.63) is 48.5 Å². The molecule has 5 aliphatic rings. The largest absolute Gasteiger partial charge is 0.378 e. The van der Waals surface area contributed by atoms with Gasteiger partial charge >= 0.3 is 12.1 Å². The minimum Gasteiger partial charge on any atom is -0.378 e. The maximum Gasteiger partial charge on any atom is 0.322 e. The maximum absolute atomic E-state index is 13.9. The Morgan fingerprint density at radius 2 is 0.917 bits per heavy atom. The molecule has 8 heteroatoms. The minimum atomic E-state index is 0.0741. The number of urea groups is 2. The molecule has 0 radical (unpaired) electrons. The Kier molecular flexibility index (Phi) is 9.79. The van der Waals surface area contributed by atoms with Gasteiger partial charge in [-0.2, -0.15) is 0 Å². The first-order valence-corrected chi connectivity index (χ1v) is 18.9. The predicted octanol–water partition coefficient (Wildman–Crippen LogP) is 8.37. The summed E-state index contributed by atoms with van der Waals surface area (Å²) in [6.07, 6.45) is 14.6. The Morgan fingerprint density at radius 1 is 0.542 bits per heavy atom. The lowest BCUT2D eigenvalue weighted by Crippen LogP contribution is -2.49. The summed E-state index contributed by atoms with van der Waals surface area (Å²) < 4.78 is 0. The number of hydrogen-bond acceptors (Lipinski definition) is 4. The average Bonchev–Trinajstić information content (AvgIpc) is 3.91. The Labute approximate surface area is 288 Å². The second-order valence-corrected chi connectivity index (χ2v) is 16.4. The molecule has 2 N–H and O–H groups in total. The first kappa shape index (κ1) is 33.1. The van der Waals surface area contributed by atoms with E-state index in [0.29, 0.717) is 35.8 Å². The van der Waals surface area contributed by atoms with Crippen LogP contribution in [0.25, 0.3) is 0 Å². The molecule has 2 aromatic rings. The highest BCUT2D eigenvalue weighted by atomic mass is 16.2. The molecule has 7 rings (SSSR count). The summed E-state index contributed by atoms with van der Waals surface area (Å²) in [5.74, 6) is 3.92. The molecular formula is C40H58N6O2. The minimum absolute atomic E-state index is 0.0741. The molecule has 2 aromatic carbocycles. The highest BCUT2D eigenvalue weighted by molar-refractivity contribution is 5.90. The van der Waals surface area contributed by atoms with E-state index in [0.717, 1.165) is 73.4 Å². The standard InChI is InChI=1S/C40H58N6O2/c1-43(2)35-17-13-33(14-18-35)41-39(47)45(37-23-29-9-11-31(37)21-29)25-27-5-7-28(8-6-27)26-46(38-24-30-10-12-32(38)22-30)40(48)42-34-15-19-36(20-16-34)44(3)4/h13-20,27-32,37-38H,5-12,21-26H2,1-4H3,(H,41,47)(H,42,48)/t27?,28?,29-,30?,31?,32?,37+,38?/m1/s1. The van der Waals surface area contributed by atoms with E-state index >= 15 is 0 Å². The Morgan fingerprint density at radius 3 is 1.21 bits per heavy atom. The smallest absolute Gasteiger partial charge is 0.322 e. The van der Waals surface area contributed by atoms with Crippen molar-refractivity contribution in [2.24, 2.45) is 35.5 Å². The van der Waals surface area contributed by atoms with E-state index in [9.17, 15) is 9.59 Å². The molecule has 0 saturated heterocycles. The summed E-state index contributed by atoms with van der Waals surface area (Å²) in [6, 6.07) is 17.2. The fourth-order valence-electron chi connectivity index (χ4n) is 10.2. The van der Waals surface area contributed by atoms with Crippen molar-refractivity contribution in [2.45, 2.75) is 89.1 Å². The molecular weight excluding hydrogens is 596 g/mol. The van der Waals surface area contributed by atoms with Crippen molar-refractivity contribution in [1.29, 1.82) is 0 Å². The van der Waals surface area contributed by atoms with Crippen LogP contribution < -0.4 is 20.4 Å². The molecule has 0 spiro atoms. The molecule has 5 aliphatic carbocycles. The molecule has 0 heterocycles. The van der Waals surface area contributed by atoms with Crippen molar-refractivity contribution >= 4 is 34.8 Å². The highest BCUT2D eigenvalue weighted by Gasteiger charge is 2.46. The third-order valence-corrected chi connectivity index (χ3v) is 12.9. The van der Waals surface area contributed by atoms with E-state index in [2.05, 4.69) is 54.5 Å². The number of benzene rings is 2. The number of hydrogen-bond donors (Lipinski definition) is 2. The lowest BCUT2D eigenvalue weighted by Gasteiger charge is -2.41. The van der Waals surface area contributed by atoms with Gasteiger partial charge in [-0.25, -0.2) is 9.59 Å². The summed E-state index contributed by atoms with van der Waals surface area (Å²) >= 11 is 0. The molecule has 0 aromatic heterocycles. The van der Waals surface area contributed by atoms with Gasteiger partial charge in [0.2, 0.25) is 0 Å². The zero-order chi connectivity index (χ0) is 33.4. The molecule has 48 heavy (non-hydrogen) atoms. The maximum atomic E-state index is 13.9. The third kappa shape index (κ3) is 7.28. The highest BCUT2D eigenvalue weighted by Crippen LogP contribution is 2.49. The predicted molar refractivity (Wildman–Crippen MR) is 197 cm³/mol. The van der Waals surface area contributed by atoms with E-state index in [1.807, 2.05) is 52.5 Å². The van der Waals surface area contributed by atoms with E-state index in [-0.39, 0.29) is 12.1 Å². The van der Waals surface area contributed by atoms with Crippen LogP contribution in [-0.2, 0) is 0 Å². The summed E-state index contributed by atoms with van der Waals surface area (Å²) in [7, 11) is 8.15. The van der Waals surface area contributed by atoms with Crippen LogP contribution in [-0.4, -0.2) is 75.2 Å². The number of fused-ring (bicyclic) bond motifs is 4. The topological polar surface area (TPSA) is 71.2 Å². The molecule has 5 saturated carbocycles. The Bertz CT molecular complexity index is 1290. The molecule has 4 amide bonds. The van der Waals surface area contributed by atoms with Gasteiger partial charge in [-0.1, -0.05) is 12.8 Å². The monoisotopic (exact) mass is 654 g/mol. The van der Waals surface area contributed by atoms with Crippen molar-refractivity contribution < 1.29 is 9.59 Å². The molecule has 8 nitrogen and oxygen atoms in total. The first-order chi connectivity index (χ1) is 23.2. The number of anilines is 4. The van der Waals surface area contributed by atoms with Gasteiger partial charge in [-0.15, -0.1) is 0 Å². The summed E-state index contributed by atoms with van der Waals surface area (Å²) in [4.78, 5) is 36.5. The summed E-state index contributed by atoms with van der Waals surface area (Å²) in [5.41, 5.74) is 4.00. The van der Waals surface area contributed by atoms with Gasteiger partial charge in [0.15, 0.2) is 0 Å². The quantitative estimate of drug-likeness (QED) is 0.270. The van der Waals surface area contributed by atoms with E-state index in [1.165, 1.54) is 51.4 Å². The fraction of sp³-hybridized carbons (Fsp3) is 0.650. The SMILES string of the molecule is CN(C)c1ccc(NC(=O)N(CC2CCC(CN(C(=O)Nc3ccc(N(C)C)cc3)[C@H]3C[C@@H]4CCC3C4)CC2)C2CC3CCC2C3)cc1. The lowest BCUT2D eigenvalue weighted by molar-refractivity contribution is 0.110. The number of rotatable bonds is 10. The zero-order valence-corrected chi connectivity index (χ0v) is 29.7. The van der Waals surface area contributed by atoms with Crippen molar-refractivity contribution in [2.75, 3.05) is 61.7 Å². The Balaban J connectivity index is 0.983. The average molecular weight is 655 g/mol. The number of amides is 4. The lowest BCUT2D eigenvalue weighted by atomic mass is 9.80. The van der Waals surface area contributed by atoms with Gasteiger partial charge in [0, 0.05) is 76.1 Å². The fourth-order valence-corrected chi connectivity index (χ4v) is 10.2. The van der Waals surface area contributed by atoms with E-state index in [4.69, 9.17) is 0 Å². The van der Waals surface area contributed by atoms with Crippen LogP contribution in [0.3, 0.4) is 0 Å². The van der Waals surface area contributed by atoms with Crippen molar-refractivity contribution in [3.8, 4) is 0 Å². The van der Waals surface area contributed by atoms with Crippen LogP contribution in [0.5, 0.6) is 0 Å². The van der Waals surface area contributed by atoms with E-state index < -0.39 is 0 Å². The number of carbonyl (C=O) groups excluding carboxylic acids is 2. The van der Waals surface area contributed by atoms with Crippen molar-refractivity contribution in [1.82, 2.24) is 9.80 Å². The van der Waals surface area contributed by atoms with Crippen molar-refractivity contribution in [3.63, 3.8) is 0 Å². The normalized spacial score (nSPS) is 30.2. The molecule has 0 aliphatic heterocycles. The Hall–Kier alpha value is -3.42. The van der Waals surface area contributed by atoms with Gasteiger partial charge in [-0.05, 0) is 148 Å². The van der Waals surface area contributed by atoms with Crippen LogP contribution in [0, 0.1) is 35.5 Å². The number of nitrogens with one attached hydrogen (secondary N) is 2. The zero-order valence-electron chi connectivity index (χ0n) is 29.7. The second-order valence-electron chi connectivity index (χ2n) is 16.4. The van der Waals surface area contributed by atoms with Gasteiger partial charge in [0.25, 0.3) is 0 Å². The van der Waals surface area contributed by atoms with Gasteiger partial charge in [0.1, 0.15) is 0 Å². The van der Waals surface area contributed by atoms with E-state index in [1.54, 1.807) is 0 Å². The van der Waals surface area contributed by atoms with Crippen LogP contribution in [0.4, 0.5) is 32.3 Å². The molecule has 4 unspecified atom stereocenters. The van der Waals surface area contributed by atoms with Crippen LogP contribution >= 0.6 is 0 Å². The van der Waals surface area contributed by atoms with Gasteiger partial charge < -0.3 is 30.2 Å².